The minimum atomic E-state index is 0.209. The first kappa shape index (κ1) is 8.54. The van der Waals surface area contributed by atoms with Gasteiger partial charge in [-0.05, 0) is 15.9 Å². The van der Waals surface area contributed by atoms with Crippen LogP contribution >= 0.6 is 15.9 Å². The molecule has 0 aromatic carbocycles. The smallest absolute Gasteiger partial charge is 0.252 e. The molecule has 2 N–H and O–H groups in total. The molecular weight excluding hydrogens is 238 g/mol. The van der Waals surface area contributed by atoms with E-state index in [1.807, 2.05) is 5.48 Å². The van der Waals surface area contributed by atoms with Gasteiger partial charge in [-0.2, -0.15) is 10.5 Å². The van der Waals surface area contributed by atoms with Gasteiger partial charge in [0.05, 0.1) is 11.0 Å². The monoisotopic (exact) mass is 243 g/mol. The van der Waals surface area contributed by atoms with Crippen LogP contribution in [0.1, 0.15) is 5.82 Å². The van der Waals surface area contributed by atoms with Crippen molar-refractivity contribution in [3.8, 4) is 0 Å². The van der Waals surface area contributed by atoms with Gasteiger partial charge in [-0.25, -0.2) is 9.50 Å². The molecule has 2 heterocycles. The van der Waals surface area contributed by atoms with Gasteiger partial charge in [0.1, 0.15) is 0 Å². The summed E-state index contributed by atoms with van der Waals surface area (Å²) in [6.07, 6.45) is 3.39. The van der Waals surface area contributed by atoms with Gasteiger partial charge in [-0.3, -0.25) is 0 Å². The molecule has 0 atom stereocenters. The first-order chi connectivity index (χ1) is 6.29. The van der Waals surface area contributed by atoms with Gasteiger partial charge >= 0.3 is 0 Å². The molecule has 0 radical (unpaired) electrons. The van der Waals surface area contributed by atoms with E-state index >= 15 is 0 Å². The minimum absolute atomic E-state index is 0.209. The molecule has 68 valence electrons. The molecule has 13 heavy (non-hydrogen) atoms. The molecular formula is C6H6BrN5O. The number of nitrogens with one attached hydrogen (secondary N) is 1. The third-order valence-corrected chi connectivity index (χ3v) is 1.85. The van der Waals surface area contributed by atoms with E-state index in [9.17, 15) is 0 Å². The van der Waals surface area contributed by atoms with Crippen LogP contribution in [0.25, 0.3) is 5.78 Å². The largest absolute Gasteiger partial charge is 0.316 e. The van der Waals surface area contributed by atoms with Crippen molar-refractivity contribution in [1.82, 2.24) is 25.1 Å². The fourth-order valence-electron chi connectivity index (χ4n) is 0.948. The van der Waals surface area contributed by atoms with Gasteiger partial charge in [-0.15, -0.1) is 5.10 Å². The van der Waals surface area contributed by atoms with E-state index in [1.165, 1.54) is 4.52 Å². The van der Waals surface area contributed by atoms with Crippen molar-refractivity contribution in [3.05, 3.63) is 22.7 Å². The van der Waals surface area contributed by atoms with E-state index in [-0.39, 0.29) is 6.54 Å². The summed E-state index contributed by atoms with van der Waals surface area (Å²) in [4.78, 5) is 8.06. The van der Waals surface area contributed by atoms with Crippen LogP contribution in [0, 0.1) is 0 Å². The van der Waals surface area contributed by atoms with E-state index in [4.69, 9.17) is 5.21 Å². The Balaban J connectivity index is 2.49. The van der Waals surface area contributed by atoms with E-state index in [0.29, 0.717) is 11.6 Å². The van der Waals surface area contributed by atoms with Crippen molar-refractivity contribution in [1.29, 1.82) is 0 Å². The Morgan fingerprint density at radius 3 is 3.23 bits per heavy atom. The third kappa shape index (κ3) is 1.67. The second-order valence-corrected chi connectivity index (χ2v) is 3.30. The minimum Gasteiger partial charge on any atom is -0.316 e. The van der Waals surface area contributed by atoms with Gasteiger partial charge in [0.2, 0.25) is 0 Å². The van der Waals surface area contributed by atoms with E-state index in [0.717, 1.165) is 4.47 Å². The second kappa shape index (κ2) is 3.36. The van der Waals surface area contributed by atoms with Crippen LogP contribution in [-0.4, -0.2) is 24.8 Å². The number of hydrogen-bond acceptors (Lipinski definition) is 5. The highest BCUT2D eigenvalue weighted by molar-refractivity contribution is 9.10. The lowest BCUT2D eigenvalue weighted by molar-refractivity contribution is 0.158. The highest BCUT2D eigenvalue weighted by Crippen LogP contribution is 2.07. The zero-order valence-electron chi connectivity index (χ0n) is 6.48. The van der Waals surface area contributed by atoms with E-state index in [2.05, 4.69) is 31.0 Å². The number of aromatic nitrogens is 4. The van der Waals surface area contributed by atoms with Gasteiger partial charge in [0, 0.05) is 12.4 Å². The first-order valence-electron chi connectivity index (χ1n) is 3.53. The normalized spacial score (nSPS) is 10.9. The van der Waals surface area contributed by atoms with Crippen LogP contribution in [0.5, 0.6) is 0 Å². The summed E-state index contributed by atoms with van der Waals surface area (Å²) in [5.74, 6) is 1.00. The zero-order valence-corrected chi connectivity index (χ0v) is 8.06. The summed E-state index contributed by atoms with van der Waals surface area (Å²) in [6.45, 7) is 0.209. The lowest BCUT2D eigenvalue weighted by atomic mass is 10.6. The summed E-state index contributed by atoms with van der Waals surface area (Å²) in [5, 5.41) is 12.5. The van der Waals surface area contributed by atoms with Crippen molar-refractivity contribution in [2.24, 2.45) is 0 Å². The van der Waals surface area contributed by atoms with Crippen LogP contribution in [0.15, 0.2) is 16.9 Å². The van der Waals surface area contributed by atoms with Crippen molar-refractivity contribution in [3.63, 3.8) is 0 Å². The number of halogens is 1. The Kier molecular flexibility index (Phi) is 2.21. The molecule has 6 nitrogen and oxygen atoms in total. The molecule has 0 amide bonds. The molecule has 0 spiro atoms. The summed E-state index contributed by atoms with van der Waals surface area (Å²) in [5.41, 5.74) is 1.98. The summed E-state index contributed by atoms with van der Waals surface area (Å²) in [7, 11) is 0. The standard InChI is InChI=1S/C6H6BrN5O/c7-4-1-8-6-10-5(2-9-13)11-12(6)3-4/h1,3,9,13H,2H2. The van der Waals surface area contributed by atoms with Crippen molar-refractivity contribution in [2.75, 3.05) is 0 Å². The van der Waals surface area contributed by atoms with Crippen LogP contribution in [0.3, 0.4) is 0 Å². The Hall–Kier alpha value is -1.05. The van der Waals surface area contributed by atoms with Crippen molar-refractivity contribution in [2.45, 2.75) is 6.54 Å². The Bertz CT molecular complexity index is 428. The molecule has 0 saturated carbocycles. The Morgan fingerprint density at radius 2 is 2.46 bits per heavy atom. The number of rotatable bonds is 2. The maximum atomic E-state index is 8.43. The summed E-state index contributed by atoms with van der Waals surface area (Å²) >= 11 is 3.26. The lowest BCUT2D eigenvalue weighted by Gasteiger charge is -1.89. The molecule has 2 aromatic heterocycles. The third-order valence-electron chi connectivity index (χ3n) is 1.44. The average Bonchev–Trinajstić information content (AvgIpc) is 2.46. The fourth-order valence-corrected chi connectivity index (χ4v) is 1.24. The highest BCUT2D eigenvalue weighted by atomic mass is 79.9. The quantitative estimate of drug-likeness (QED) is 0.746. The zero-order chi connectivity index (χ0) is 9.26. The number of hydroxylamine groups is 1. The maximum Gasteiger partial charge on any atom is 0.252 e. The number of hydrogen-bond donors (Lipinski definition) is 2. The van der Waals surface area contributed by atoms with Crippen LogP contribution in [-0.2, 0) is 6.54 Å². The maximum absolute atomic E-state index is 8.43. The second-order valence-electron chi connectivity index (χ2n) is 2.38. The molecule has 2 aromatic rings. The number of nitrogens with zero attached hydrogens (tertiary/aromatic N) is 4. The SMILES string of the molecule is ONCc1nc2ncc(Br)cn2n1. The first-order valence-corrected chi connectivity index (χ1v) is 4.32. The van der Waals surface area contributed by atoms with Gasteiger partial charge in [-0.1, -0.05) is 0 Å². The molecule has 0 aliphatic heterocycles. The van der Waals surface area contributed by atoms with Crippen LogP contribution in [0.2, 0.25) is 0 Å². The predicted octanol–water partition coefficient (Wildman–Crippen LogP) is 0.366. The summed E-state index contributed by atoms with van der Waals surface area (Å²) < 4.78 is 2.37. The topological polar surface area (TPSA) is 75.3 Å². The fraction of sp³-hybridized carbons (Fsp3) is 0.167. The van der Waals surface area contributed by atoms with Crippen molar-refractivity contribution >= 4 is 21.7 Å². The predicted molar refractivity (Wildman–Crippen MR) is 47.1 cm³/mol. The molecule has 0 fully saturated rings. The number of fused-ring (bicyclic) bond motifs is 1. The molecule has 0 unspecified atom stereocenters. The molecule has 0 bridgehead atoms. The molecule has 7 heteroatoms. The highest BCUT2D eigenvalue weighted by Gasteiger charge is 2.03. The molecule has 2 rings (SSSR count). The van der Waals surface area contributed by atoms with Crippen LogP contribution in [0.4, 0.5) is 0 Å². The Labute approximate surface area is 81.7 Å². The summed E-state index contributed by atoms with van der Waals surface area (Å²) in [6, 6.07) is 0. The average molecular weight is 244 g/mol. The Morgan fingerprint density at radius 1 is 1.62 bits per heavy atom. The van der Waals surface area contributed by atoms with Crippen LogP contribution < -0.4 is 5.48 Å². The van der Waals surface area contributed by atoms with E-state index in [1.54, 1.807) is 12.4 Å². The van der Waals surface area contributed by atoms with Crippen molar-refractivity contribution < 1.29 is 5.21 Å². The molecule has 0 saturated heterocycles. The molecule has 0 aliphatic rings. The van der Waals surface area contributed by atoms with Gasteiger partial charge in [0.15, 0.2) is 5.82 Å². The molecule has 0 aliphatic carbocycles. The van der Waals surface area contributed by atoms with E-state index < -0.39 is 0 Å². The van der Waals surface area contributed by atoms with Gasteiger partial charge in [0.25, 0.3) is 5.78 Å². The lowest BCUT2D eigenvalue weighted by Crippen LogP contribution is -2.07. The van der Waals surface area contributed by atoms with Gasteiger partial charge < -0.3 is 5.21 Å².